The second kappa shape index (κ2) is 6.31. The predicted octanol–water partition coefficient (Wildman–Crippen LogP) is 0.399. The van der Waals surface area contributed by atoms with Crippen molar-refractivity contribution < 1.29 is 9.53 Å². The van der Waals surface area contributed by atoms with E-state index in [9.17, 15) is 4.79 Å². The van der Waals surface area contributed by atoms with E-state index in [2.05, 4.69) is 28.9 Å². The summed E-state index contributed by atoms with van der Waals surface area (Å²) in [6.07, 6.45) is 1.22. The lowest BCUT2D eigenvalue weighted by Crippen LogP contribution is -2.43. The van der Waals surface area contributed by atoms with Crippen LogP contribution < -0.4 is 10.6 Å². The van der Waals surface area contributed by atoms with Crippen molar-refractivity contribution in [1.29, 1.82) is 0 Å². The molecule has 0 radical (unpaired) electrons. The Morgan fingerprint density at radius 3 is 3.11 bits per heavy atom. The Labute approximate surface area is 117 Å². The van der Waals surface area contributed by atoms with Crippen molar-refractivity contribution in [3.8, 4) is 0 Å². The van der Waals surface area contributed by atoms with Gasteiger partial charge in [0.25, 0.3) is 5.91 Å². The number of carbonyl (C=O) groups excluding carboxylic acids is 1. The number of anilines is 1. The summed E-state index contributed by atoms with van der Waals surface area (Å²) in [6.45, 7) is 3.33. The first-order valence-electron chi connectivity index (χ1n) is 6.33. The molecule has 1 aromatic heterocycles. The second-order valence-corrected chi connectivity index (χ2v) is 5.75. The van der Waals surface area contributed by atoms with Crippen LogP contribution in [0.3, 0.4) is 0 Å². The molecular formula is C12H20N4O2S. The van der Waals surface area contributed by atoms with Gasteiger partial charge in [0, 0.05) is 25.0 Å². The van der Waals surface area contributed by atoms with E-state index >= 15 is 0 Å². The van der Waals surface area contributed by atoms with Crippen LogP contribution in [0.15, 0.2) is 5.38 Å². The normalized spacial score (nSPS) is 19.9. The number of hydrogen-bond donors (Lipinski definition) is 1. The van der Waals surface area contributed by atoms with Crippen molar-refractivity contribution in [2.75, 3.05) is 45.2 Å². The minimum Gasteiger partial charge on any atom is -0.374 e. The van der Waals surface area contributed by atoms with Crippen molar-refractivity contribution in [3.05, 3.63) is 11.1 Å². The molecule has 7 heteroatoms. The number of ether oxygens (including phenoxy) is 1. The zero-order chi connectivity index (χ0) is 13.8. The van der Waals surface area contributed by atoms with E-state index in [1.807, 2.05) is 0 Å². The standard InChI is InChI=1S/C12H20N4O2S/c1-15(2)4-3-9-7-16(5-6-18-9)12-14-10(8-19-12)11(13)17/h8-9H,3-7H2,1-2H3,(H2,13,17)/t9-/m1/s1. The number of nitrogens with two attached hydrogens (primary N) is 1. The maximum absolute atomic E-state index is 11.1. The van der Waals surface area contributed by atoms with Gasteiger partial charge < -0.3 is 20.3 Å². The number of hydrogen-bond acceptors (Lipinski definition) is 6. The number of amides is 1. The molecule has 2 N–H and O–H groups in total. The van der Waals surface area contributed by atoms with Crippen LogP contribution in [0.5, 0.6) is 0 Å². The Bertz CT molecular complexity index is 435. The molecule has 1 atom stereocenters. The lowest BCUT2D eigenvalue weighted by Gasteiger charge is -2.33. The lowest BCUT2D eigenvalue weighted by atomic mass is 10.2. The third-order valence-electron chi connectivity index (χ3n) is 3.05. The van der Waals surface area contributed by atoms with Gasteiger partial charge in [-0.1, -0.05) is 0 Å². The van der Waals surface area contributed by atoms with Gasteiger partial charge >= 0.3 is 0 Å². The van der Waals surface area contributed by atoms with E-state index in [1.54, 1.807) is 5.38 Å². The molecule has 0 spiro atoms. The monoisotopic (exact) mass is 284 g/mol. The number of primary amides is 1. The topological polar surface area (TPSA) is 71.7 Å². The van der Waals surface area contributed by atoms with Gasteiger partial charge in [-0.05, 0) is 20.5 Å². The molecule has 0 bridgehead atoms. The van der Waals surface area contributed by atoms with Crippen LogP contribution in [0, 0.1) is 0 Å². The summed E-state index contributed by atoms with van der Waals surface area (Å²) in [5.41, 5.74) is 5.57. The predicted molar refractivity (Wildman–Crippen MR) is 75.8 cm³/mol. The molecule has 2 rings (SSSR count). The highest BCUT2D eigenvalue weighted by Crippen LogP contribution is 2.23. The SMILES string of the molecule is CN(C)CC[C@@H]1CN(c2nc(C(N)=O)cs2)CCO1. The third kappa shape index (κ3) is 3.89. The quantitative estimate of drug-likeness (QED) is 0.847. The molecule has 19 heavy (non-hydrogen) atoms. The fraction of sp³-hybridized carbons (Fsp3) is 0.667. The number of rotatable bonds is 5. The summed E-state index contributed by atoms with van der Waals surface area (Å²) in [5.74, 6) is -0.472. The number of aromatic nitrogens is 1. The lowest BCUT2D eigenvalue weighted by molar-refractivity contribution is 0.0311. The Balaban J connectivity index is 1.94. The van der Waals surface area contributed by atoms with Gasteiger partial charge in [0.05, 0.1) is 12.7 Å². The summed E-state index contributed by atoms with van der Waals surface area (Å²) in [6, 6.07) is 0. The largest absolute Gasteiger partial charge is 0.374 e. The minimum atomic E-state index is -0.472. The van der Waals surface area contributed by atoms with Gasteiger partial charge in [0.1, 0.15) is 5.69 Å². The molecule has 1 aromatic rings. The van der Waals surface area contributed by atoms with Crippen LogP contribution in [0.25, 0.3) is 0 Å². The van der Waals surface area contributed by atoms with Gasteiger partial charge in [-0.25, -0.2) is 4.98 Å². The second-order valence-electron chi connectivity index (χ2n) is 4.91. The molecule has 1 aliphatic rings. The van der Waals surface area contributed by atoms with Crippen LogP contribution in [0.1, 0.15) is 16.9 Å². The molecule has 1 fully saturated rings. The minimum absolute atomic E-state index is 0.220. The van der Waals surface area contributed by atoms with Crippen LogP contribution in [-0.2, 0) is 4.74 Å². The van der Waals surface area contributed by atoms with Gasteiger partial charge in [-0.3, -0.25) is 4.79 Å². The molecule has 1 saturated heterocycles. The van der Waals surface area contributed by atoms with Crippen LogP contribution >= 0.6 is 11.3 Å². The Morgan fingerprint density at radius 1 is 1.68 bits per heavy atom. The molecule has 2 heterocycles. The smallest absolute Gasteiger partial charge is 0.268 e. The number of nitrogens with zero attached hydrogens (tertiary/aromatic N) is 3. The van der Waals surface area contributed by atoms with Crippen molar-refractivity contribution in [2.24, 2.45) is 5.73 Å². The molecule has 1 aliphatic heterocycles. The van der Waals surface area contributed by atoms with Gasteiger partial charge in [-0.15, -0.1) is 11.3 Å². The van der Waals surface area contributed by atoms with E-state index in [0.717, 1.165) is 31.2 Å². The summed E-state index contributed by atoms with van der Waals surface area (Å²) in [5, 5.41) is 2.56. The third-order valence-corrected chi connectivity index (χ3v) is 3.95. The van der Waals surface area contributed by atoms with Crippen molar-refractivity contribution in [2.45, 2.75) is 12.5 Å². The first kappa shape index (κ1) is 14.2. The van der Waals surface area contributed by atoms with E-state index in [4.69, 9.17) is 10.5 Å². The maximum atomic E-state index is 11.1. The summed E-state index contributed by atoms with van der Waals surface area (Å²) in [7, 11) is 4.11. The van der Waals surface area contributed by atoms with Gasteiger partial charge in [0.2, 0.25) is 0 Å². The highest BCUT2D eigenvalue weighted by Gasteiger charge is 2.23. The number of carbonyl (C=O) groups is 1. The van der Waals surface area contributed by atoms with Crippen LogP contribution in [0.2, 0.25) is 0 Å². The molecule has 6 nitrogen and oxygen atoms in total. The fourth-order valence-electron chi connectivity index (χ4n) is 1.99. The average molecular weight is 284 g/mol. The van der Waals surface area contributed by atoms with Gasteiger partial charge in [-0.2, -0.15) is 0 Å². The Morgan fingerprint density at radius 2 is 2.47 bits per heavy atom. The summed E-state index contributed by atoms with van der Waals surface area (Å²) in [4.78, 5) is 19.6. The first-order valence-corrected chi connectivity index (χ1v) is 7.21. The number of morpholine rings is 1. The summed E-state index contributed by atoms with van der Waals surface area (Å²) < 4.78 is 5.75. The number of thiazole rings is 1. The van der Waals surface area contributed by atoms with E-state index in [0.29, 0.717) is 12.3 Å². The maximum Gasteiger partial charge on any atom is 0.268 e. The molecule has 0 saturated carbocycles. The van der Waals surface area contributed by atoms with Crippen molar-refractivity contribution >= 4 is 22.4 Å². The van der Waals surface area contributed by atoms with Gasteiger partial charge in [0.15, 0.2) is 5.13 Å². The molecular weight excluding hydrogens is 264 g/mol. The van der Waals surface area contributed by atoms with E-state index in [-0.39, 0.29) is 6.10 Å². The van der Waals surface area contributed by atoms with Crippen LogP contribution in [-0.4, -0.2) is 62.2 Å². The molecule has 1 amide bonds. The van der Waals surface area contributed by atoms with E-state index < -0.39 is 5.91 Å². The van der Waals surface area contributed by atoms with Crippen LogP contribution in [0.4, 0.5) is 5.13 Å². The highest BCUT2D eigenvalue weighted by atomic mass is 32.1. The Hall–Kier alpha value is -1.18. The fourth-order valence-corrected chi connectivity index (χ4v) is 2.84. The zero-order valence-corrected chi connectivity index (χ0v) is 12.2. The Kier molecular flexibility index (Phi) is 4.73. The average Bonchev–Trinajstić information content (AvgIpc) is 2.86. The first-order chi connectivity index (χ1) is 9.06. The molecule has 0 unspecified atom stereocenters. The van der Waals surface area contributed by atoms with Crippen molar-refractivity contribution in [1.82, 2.24) is 9.88 Å². The zero-order valence-electron chi connectivity index (χ0n) is 11.3. The summed E-state index contributed by atoms with van der Waals surface area (Å²) >= 11 is 1.46. The van der Waals surface area contributed by atoms with Crippen molar-refractivity contribution in [3.63, 3.8) is 0 Å². The molecule has 106 valence electrons. The molecule has 0 aromatic carbocycles. The molecule has 0 aliphatic carbocycles. The highest BCUT2D eigenvalue weighted by molar-refractivity contribution is 7.13. The van der Waals surface area contributed by atoms with E-state index in [1.165, 1.54) is 11.3 Å².